The zero-order chi connectivity index (χ0) is 12.9. The first-order chi connectivity index (χ1) is 7.87. The van der Waals surface area contributed by atoms with Crippen molar-refractivity contribution in [2.45, 2.75) is 39.5 Å². The molecular formula is C11H24N2O3S. The van der Waals surface area contributed by atoms with Gasteiger partial charge in [0.1, 0.15) is 0 Å². The van der Waals surface area contributed by atoms with Crippen molar-refractivity contribution in [1.82, 2.24) is 9.03 Å². The van der Waals surface area contributed by atoms with Gasteiger partial charge in [-0.3, -0.25) is 0 Å². The molecule has 0 aliphatic carbocycles. The largest absolute Gasteiger partial charge is 0.396 e. The van der Waals surface area contributed by atoms with E-state index >= 15 is 0 Å². The highest BCUT2D eigenvalue weighted by molar-refractivity contribution is 7.87. The van der Waals surface area contributed by atoms with E-state index in [2.05, 4.69) is 4.72 Å². The summed E-state index contributed by atoms with van der Waals surface area (Å²) in [6.07, 6.45) is 4.08. The summed E-state index contributed by atoms with van der Waals surface area (Å²) in [5.74, 6) is 0. The molecule has 0 radical (unpaired) electrons. The average Bonchev–Trinajstić information content (AvgIpc) is 2.56. The van der Waals surface area contributed by atoms with Gasteiger partial charge in [-0.25, -0.2) is 4.72 Å². The van der Waals surface area contributed by atoms with Gasteiger partial charge in [0, 0.05) is 31.7 Å². The van der Waals surface area contributed by atoms with Gasteiger partial charge in [0.25, 0.3) is 10.2 Å². The highest BCUT2D eigenvalue weighted by Gasteiger charge is 2.25. The molecule has 102 valence electrons. The van der Waals surface area contributed by atoms with E-state index in [1.54, 1.807) is 0 Å². The van der Waals surface area contributed by atoms with E-state index in [1.165, 1.54) is 4.31 Å². The zero-order valence-corrected chi connectivity index (χ0v) is 11.6. The topological polar surface area (TPSA) is 69.6 Å². The summed E-state index contributed by atoms with van der Waals surface area (Å²) in [4.78, 5) is 0. The number of nitrogens with one attached hydrogen (secondary N) is 1. The Kier molecular flexibility index (Phi) is 5.37. The summed E-state index contributed by atoms with van der Waals surface area (Å²) in [6, 6.07) is 0. The number of nitrogens with zero attached hydrogens (tertiary/aromatic N) is 1. The smallest absolute Gasteiger partial charge is 0.279 e. The Hall–Kier alpha value is -0.170. The fourth-order valence-corrected chi connectivity index (χ4v) is 3.21. The van der Waals surface area contributed by atoms with Gasteiger partial charge in [0.15, 0.2) is 0 Å². The van der Waals surface area contributed by atoms with Crippen LogP contribution in [0, 0.1) is 5.41 Å². The molecule has 0 aromatic heterocycles. The normalized spacial score (nSPS) is 20.2. The van der Waals surface area contributed by atoms with Crippen LogP contribution in [-0.2, 0) is 10.2 Å². The summed E-state index contributed by atoms with van der Waals surface area (Å²) < 4.78 is 28.2. The van der Waals surface area contributed by atoms with Crippen LogP contribution in [0.4, 0.5) is 0 Å². The third kappa shape index (κ3) is 4.91. The van der Waals surface area contributed by atoms with E-state index in [4.69, 9.17) is 5.11 Å². The molecule has 6 heteroatoms. The fraction of sp³-hybridized carbons (Fsp3) is 1.00. The first kappa shape index (κ1) is 14.9. The molecular weight excluding hydrogens is 240 g/mol. The van der Waals surface area contributed by atoms with Crippen LogP contribution in [0.2, 0.25) is 0 Å². The number of hydrogen-bond acceptors (Lipinski definition) is 3. The molecule has 0 aromatic rings. The SMILES string of the molecule is CC(C)(CO)CNS(=O)(=O)N1CCCCCC1. The van der Waals surface area contributed by atoms with E-state index in [1.807, 2.05) is 13.8 Å². The Morgan fingerprint density at radius 2 is 1.71 bits per heavy atom. The number of rotatable bonds is 5. The molecule has 0 bridgehead atoms. The molecule has 1 aliphatic rings. The van der Waals surface area contributed by atoms with Gasteiger partial charge < -0.3 is 5.11 Å². The predicted molar refractivity (Wildman–Crippen MR) is 67.8 cm³/mol. The van der Waals surface area contributed by atoms with E-state index in [9.17, 15) is 8.42 Å². The molecule has 2 N–H and O–H groups in total. The summed E-state index contributed by atoms with van der Waals surface area (Å²) in [5.41, 5.74) is -0.418. The Balaban J connectivity index is 2.55. The molecule has 1 heterocycles. The molecule has 0 saturated carbocycles. The minimum Gasteiger partial charge on any atom is -0.396 e. The predicted octanol–water partition coefficient (Wildman–Crippen LogP) is 0.715. The van der Waals surface area contributed by atoms with Crippen molar-refractivity contribution in [3.63, 3.8) is 0 Å². The van der Waals surface area contributed by atoms with Crippen LogP contribution in [-0.4, -0.2) is 44.1 Å². The first-order valence-corrected chi connectivity index (χ1v) is 7.67. The lowest BCUT2D eigenvalue weighted by Gasteiger charge is -2.25. The van der Waals surface area contributed by atoms with Crippen molar-refractivity contribution in [1.29, 1.82) is 0 Å². The van der Waals surface area contributed by atoms with Crippen LogP contribution >= 0.6 is 0 Å². The van der Waals surface area contributed by atoms with Crippen LogP contribution in [0.5, 0.6) is 0 Å². The zero-order valence-electron chi connectivity index (χ0n) is 10.8. The first-order valence-electron chi connectivity index (χ1n) is 6.23. The van der Waals surface area contributed by atoms with E-state index in [0.717, 1.165) is 25.7 Å². The number of aliphatic hydroxyl groups is 1. The van der Waals surface area contributed by atoms with Crippen LogP contribution < -0.4 is 4.72 Å². The molecule has 1 rings (SSSR count). The number of hydrogen-bond donors (Lipinski definition) is 2. The fourth-order valence-electron chi connectivity index (χ4n) is 1.72. The molecule has 0 atom stereocenters. The van der Waals surface area contributed by atoms with Gasteiger partial charge in [0.2, 0.25) is 0 Å². The van der Waals surface area contributed by atoms with Crippen LogP contribution in [0.1, 0.15) is 39.5 Å². The van der Waals surface area contributed by atoms with Crippen molar-refractivity contribution in [2.24, 2.45) is 5.41 Å². The highest BCUT2D eigenvalue weighted by Crippen LogP contribution is 2.15. The maximum Gasteiger partial charge on any atom is 0.279 e. The monoisotopic (exact) mass is 264 g/mol. The minimum atomic E-state index is -3.38. The van der Waals surface area contributed by atoms with Gasteiger partial charge in [0.05, 0.1) is 0 Å². The van der Waals surface area contributed by atoms with Crippen LogP contribution in [0.3, 0.4) is 0 Å². The molecule has 1 aliphatic heterocycles. The lowest BCUT2D eigenvalue weighted by atomic mass is 9.96. The Bertz CT molecular complexity index is 320. The Morgan fingerprint density at radius 1 is 1.18 bits per heavy atom. The molecule has 1 fully saturated rings. The van der Waals surface area contributed by atoms with Crippen molar-refractivity contribution in [2.75, 3.05) is 26.2 Å². The summed E-state index contributed by atoms with van der Waals surface area (Å²) in [5, 5.41) is 9.10. The van der Waals surface area contributed by atoms with Gasteiger partial charge in [-0.15, -0.1) is 0 Å². The lowest BCUT2D eigenvalue weighted by Crippen LogP contribution is -2.45. The third-order valence-corrected chi connectivity index (χ3v) is 4.62. The molecule has 0 aromatic carbocycles. The van der Waals surface area contributed by atoms with Crippen molar-refractivity contribution < 1.29 is 13.5 Å². The van der Waals surface area contributed by atoms with Crippen LogP contribution in [0.15, 0.2) is 0 Å². The lowest BCUT2D eigenvalue weighted by molar-refractivity contribution is 0.162. The quantitative estimate of drug-likeness (QED) is 0.768. The maximum absolute atomic E-state index is 12.0. The second-order valence-corrected chi connectivity index (χ2v) is 7.22. The number of aliphatic hydroxyl groups excluding tert-OH is 1. The Labute approximate surface area is 104 Å². The van der Waals surface area contributed by atoms with Gasteiger partial charge in [-0.05, 0) is 12.8 Å². The molecule has 0 spiro atoms. The van der Waals surface area contributed by atoms with E-state index in [-0.39, 0.29) is 13.2 Å². The molecule has 0 amide bonds. The highest BCUT2D eigenvalue weighted by atomic mass is 32.2. The van der Waals surface area contributed by atoms with Crippen molar-refractivity contribution in [3.05, 3.63) is 0 Å². The summed E-state index contributed by atoms with van der Waals surface area (Å²) >= 11 is 0. The third-order valence-electron chi connectivity index (χ3n) is 3.07. The summed E-state index contributed by atoms with van der Waals surface area (Å²) in [7, 11) is -3.38. The Morgan fingerprint density at radius 3 is 2.18 bits per heavy atom. The van der Waals surface area contributed by atoms with Crippen molar-refractivity contribution in [3.8, 4) is 0 Å². The van der Waals surface area contributed by atoms with E-state index in [0.29, 0.717) is 13.1 Å². The molecule has 17 heavy (non-hydrogen) atoms. The van der Waals surface area contributed by atoms with Gasteiger partial charge in [-0.2, -0.15) is 12.7 Å². The average molecular weight is 264 g/mol. The maximum atomic E-state index is 12.0. The minimum absolute atomic E-state index is 0.0322. The molecule has 0 unspecified atom stereocenters. The van der Waals surface area contributed by atoms with E-state index < -0.39 is 15.6 Å². The molecule has 5 nitrogen and oxygen atoms in total. The van der Waals surface area contributed by atoms with Crippen molar-refractivity contribution >= 4 is 10.2 Å². The standard InChI is InChI=1S/C11H24N2O3S/c1-11(2,10-14)9-12-17(15,16)13-7-5-3-4-6-8-13/h12,14H,3-10H2,1-2H3. The van der Waals surface area contributed by atoms with Gasteiger partial charge >= 0.3 is 0 Å². The summed E-state index contributed by atoms with van der Waals surface area (Å²) in [6.45, 7) is 5.11. The second-order valence-electron chi connectivity index (χ2n) is 5.46. The molecule has 1 saturated heterocycles. The van der Waals surface area contributed by atoms with Crippen LogP contribution in [0.25, 0.3) is 0 Å². The second kappa shape index (κ2) is 6.13. The van der Waals surface area contributed by atoms with Gasteiger partial charge in [-0.1, -0.05) is 26.7 Å².